The zero-order valence-corrected chi connectivity index (χ0v) is 23.9. The van der Waals surface area contributed by atoms with E-state index in [0.29, 0.717) is 51.1 Å². The summed E-state index contributed by atoms with van der Waals surface area (Å²) in [5.41, 5.74) is 1.69. The Bertz CT molecular complexity index is 1420. The van der Waals surface area contributed by atoms with Crippen molar-refractivity contribution in [2.45, 2.75) is 56.1 Å². The number of hydrogen-bond donors (Lipinski definition) is 0. The molecule has 0 saturated carbocycles. The van der Waals surface area contributed by atoms with Gasteiger partial charge in [-0.2, -0.15) is 5.26 Å². The molecule has 2 aliphatic rings. The fraction of sp³-hybridized carbons (Fsp3) is 0.400. The van der Waals surface area contributed by atoms with E-state index in [0.717, 1.165) is 38.8 Å². The Morgan fingerprint density at radius 1 is 1.15 bits per heavy atom. The van der Waals surface area contributed by atoms with Crippen LogP contribution in [-0.4, -0.2) is 45.8 Å². The Balaban J connectivity index is 0.00000370. The van der Waals surface area contributed by atoms with Gasteiger partial charge in [-0.15, -0.1) is 11.3 Å². The van der Waals surface area contributed by atoms with Crippen molar-refractivity contribution in [2.75, 3.05) is 25.4 Å². The van der Waals surface area contributed by atoms with E-state index in [9.17, 15) is 17.8 Å². The Morgan fingerprint density at radius 3 is 2.45 bits per heavy atom. The van der Waals surface area contributed by atoms with Gasteiger partial charge in [0, 0.05) is 47.1 Å². The van der Waals surface area contributed by atoms with Gasteiger partial charge in [-0.25, -0.2) is 8.78 Å². The third kappa shape index (κ3) is 6.24. The highest BCUT2D eigenvalue weighted by Crippen LogP contribution is 2.46. The number of Topliss-reactive ketones (excluding diaryl/α,β-unsaturated/α-hetero) is 1. The van der Waals surface area contributed by atoms with E-state index in [1.54, 1.807) is 6.07 Å². The van der Waals surface area contributed by atoms with Crippen LogP contribution >= 0.6 is 11.3 Å². The standard InChI is InChI=1S/C30H30F2N2O3S2.H2O/c1-2-39(36)23-6-3-20(4-7-23)5-8-27(35)28-17-22-9-14-37-30(29(22)38-28)10-12-34(13-11-30)19-24-25(31)15-21(18-33)16-26(24)32;/h3-4,6-7,15-17H,2,5,8-14,19H2,1H3;1H2. The maximum absolute atomic E-state index is 14.4. The predicted molar refractivity (Wildman–Crippen MR) is 151 cm³/mol. The summed E-state index contributed by atoms with van der Waals surface area (Å²) in [4.78, 5) is 17.8. The van der Waals surface area contributed by atoms with E-state index >= 15 is 0 Å². The maximum Gasteiger partial charge on any atom is 0.173 e. The number of carbonyl (C=O) groups excluding carboxylic acids is 1. The van der Waals surface area contributed by atoms with E-state index in [1.165, 1.54) is 16.9 Å². The number of rotatable bonds is 8. The van der Waals surface area contributed by atoms with Gasteiger partial charge in [0.2, 0.25) is 0 Å². The number of halogens is 2. The fourth-order valence-electron chi connectivity index (χ4n) is 5.40. The maximum atomic E-state index is 14.4. The largest absolute Gasteiger partial charge is 0.412 e. The highest BCUT2D eigenvalue weighted by atomic mass is 32.2. The number of carbonyl (C=O) groups is 1. The van der Waals surface area contributed by atoms with Gasteiger partial charge in [-0.3, -0.25) is 13.9 Å². The van der Waals surface area contributed by atoms with E-state index < -0.39 is 28.0 Å². The number of benzene rings is 2. The molecule has 2 aliphatic heterocycles. The summed E-state index contributed by atoms with van der Waals surface area (Å²) in [6, 6.07) is 13.6. The Labute approximate surface area is 239 Å². The zero-order chi connectivity index (χ0) is 27.6. The number of likely N-dealkylation sites (tertiary alicyclic amines) is 1. The quantitative estimate of drug-likeness (QED) is 0.343. The second-order valence-corrected chi connectivity index (χ2v) is 12.9. The molecule has 5 rings (SSSR count). The average Bonchev–Trinajstić information content (AvgIpc) is 3.41. The van der Waals surface area contributed by atoms with Gasteiger partial charge in [-0.05, 0) is 67.1 Å². The lowest BCUT2D eigenvalue weighted by molar-refractivity contribution is -0.0962. The molecule has 40 heavy (non-hydrogen) atoms. The van der Waals surface area contributed by atoms with Crippen LogP contribution in [0.4, 0.5) is 8.78 Å². The number of ether oxygens (including phenoxy) is 1. The van der Waals surface area contributed by atoms with Crippen LogP contribution < -0.4 is 0 Å². The van der Waals surface area contributed by atoms with Gasteiger partial charge >= 0.3 is 0 Å². The van der Waals surface area contributed by atoms with Crippen molar-refractivity contribution in [2.24, 2.45) is 0 Å². The molecule has 2 N–H and O–H groups in total. The first-order chi connectivity index (χ1) is 18.8. The molecule has 1 unspecified atom stereocenters. The number of thiophene rings is 1. The molecule has 0 aliphatic carbocycles. The minimum atomic E-state index is -0.983. The molecule has 1 spiro atoms. The SMILES string of the molecule is CCS(=O)c1ccc(CCC(=O)c2cc3c(s2)C2(CCN(Cc4c(F)cc(C#N)cc4F)CC2)OCC3)cc1.O. The van der Waals surface area contributed by atoms with Crippen LogP contribution in [0.15, 0.2) is 47.4 Å². The number of aryl methyl sites for hydroxylation is 1. The summed E-state index contributed by atoms with van der Waals surface area (Å²) in [6.45, 7) is 3.83. The van der Waals surface area contributed by atoms with Crippen molar-refractivity contribution in [3.8, 4) is 6.07 Å². The van der Waals surface area contributed by atoms with Gasteiger partial charge in [0.15, 0.2) is 5.78 Å². The van der Waals surface area contributed by atoms with Crippen LogP contribution in [0.25, 0.3) is 0 Å². The first-order valence-electron chi connectivity index (χ1n) is 13.2. The van der Waals surface area contributed by atoms with E-state index in [2.05, 4.69) is 0 Å². The number of hydrogen-bond acceptors (Lipinski definition) is 6. The van der Waals surface area contributed by atoms with Crippen LogP contribution in [0, 0.1) is 23.0 Å². The van der Waals surface area contributed by atoms with Crippen molar-refractivity contribution in [1.82, 2.24) is 4.90 Å². The highest BCUT2D eigenvalue weighted by molar-refractivity contribution is 7.85. The molecule has 212 valence electrons. The highest BCUT2D eigenvalue weighted by Gasteiger charge is 2.42. The smallest absolute Gasteiger partial charge is 0.173 e. The fourth-order valence-corrected chi connectivity index (χ4v) is 7.55. The lowest BCUT2D eigenvalue weighted by Crippen LogP contribution is -2.45. The summed E-state index contributed by atoms with van der Waals surface area (Å²) in [5.74, 6) is -0.708. The van der Waals surface area contributed by atoms with Crippen molar-refractivity contribution in [1.29, 1.82) is 5.26 Å². The van der Waals surface area contributed by atoms with E-state index in [1.807, 2.05) is 42.2 Å². The van der Waals surface area contributed by atoms with Crippen molar-refractivity contribution < 1.29 is 28.0 Å². The normalized spacial score (nSPS) is 17.1. The second-order valence-electron chi connectivity index (χ2n) is 10.1. The van der Waals surface area contributed by atoms with Gasteiger partial charge in [0.1, 0.15) is 17.2 Å². The summed E-state index contributed by atoms with van der Waals surface area (Å²) >= 11 is 1.52. The Kier molecular flexibility index (Phi) is 9.64. The summed E-state index contributed by atoms with van der Waals surface area (Å²) < 4.78 is 47.1. The Hall–Kier alpha value is -2.81. The predicted octanol–water partition coefficient (Wildman–Crippen LogP) is 5.08. The van der Waals surface area contributed by atoms with Gasteiger partial charge < -0.3 is 10.2 Å². The molecule has 0 bridgehead atoms. The monoisotopic (exact) mass is 586 g/mol. The molecule has 2 aromatic carbocycles. The van der Waals surface area contributed by atoms with Crippen LogP contribution in [0.3, 0.4) is 0 Å². The molecular formula is C30H32F2N2O4S2. The van der Waals surface area contributed by atoms with Crippen molar-refractivity contribution in [3.05, 3.63) is 86.1 Å². The average molecular weight is 587 g/mol. The van der Waals surface area contributed by atoms with Crippen LogP contribution in [0.2, 0.25) is 0 Å². The lowest BCUT2D eigenvalue weighted by atomic mass is 9.85. The molecule has 1 atom stereocenters. The Morgan fingerprint density at radius 2 is 1.82 bits per heavy atom. The van der Waals surface area contributed by atoms with Gasteiger partial charge in [0.25, 0.3) is 0 Å². The first kappa shape index (κ1) is 30.2. The molecule has 1 saturated heterocycles. The number of ketones is 1. The lowest BCUT2D eigenvalue weighted by Gasteiger charge is -2.43. The van der Waals surface area contributed by atoms with Crippen molar-refractivity contribution >= 4 is 27.9 Å². The summed E-state index contributed by atoms with van der Waals surface area (Å²) in [6.07, 6.45) is 3.15. The minimum Gasteiger partial charge on any atom is -0.412 e. The number of nitriles is 1. The zero-order valence-electron chi connectivity index (χ0n) is 22.3. The number of nitrogens with zero attached hydrogens (tertiary/aromatic N) is 2. The molecule has 0 radical (unpaired) electrons. The van der Waals surface area contributed by atoms with E-state index in [-0.39, 0.29) is 28.9 Å². The van der Waals surface area contributed by atoms with Crippen LogP contribution in [0.5, 0.6) is 0 Å². The molecule has 1 aromatic heterocycles. The molecule has 1 fully saturated rings. The van der Waals surface area contributed by atoms with Crippen molar-refractivity contribution in [3.63, 3.8) is 0 Å². The molecule has 3 aromatic rings. The van der Waals surface area contributed by atoms with Crippen LogP contribution in [0.1, 0.15) is 63.0 Å². The minimum absolute atomic E-state index is 0. The topological polar surface area (TPSA) is 102 Å². The summed E-state index contributed by atoms with van der Waals surface area (Å²) in [7, 11) is -0.983. The molecule has 0 amide bonds. The van der Waals surface area contributed by atoms with Gasteiger partial charge in [0.05, 0.1) is 33.9 Å². The molecular weight excluding hydrogens is 554 g/mol. The second kappa shape index (κ2) is 12.8. The first-order valence-corrected chi connectivity index (χ1v) is 15.3. The molecule has 6 nitrogen and oxygen atoms in total. The van der Waals surface area contributed by atoms with E-state index in [4.69, 9.17) is 10.00 Å². The summed E-state index contributed by atoms with van der Waals surface area (Å²) in [5, 5.41) is 8.93. The molecule has 10 heteroatoms. The third-order valence-electron chi connectivity index (χ3n) is 7.65. The number of piperidine rings is 1. The number of fused-ring (bicyclic) bond motifs is 2. The third-order valence-corrected chi connectivity index (χ3v) is 10.4. The van der Waals surface area contributed by atoms with Gasteiger partial charge in [-0.1, -0.05) is 19.1 Å². The van der Waals surface area contributed by atoms with Crippen LogP contribution in [-0.2, 0) is 40.5 Å². The molecule has 3 heterocycles.